The molecule has 0 saturated carbocycles. The topological polar surface area (TPSA) is 80.7 Å². The van der Waals surface area contributed by atoms with E-state index in [0.29, 0.717) is 17.9 Å². The lowest BCUT2D eigenvalue weighted by molar-refractivity contribution is 0.318. The minimum Gasteiger partial charge on any atom is -0.455 e. The number of aromatic nitrogens is 1. The van der Waals surface area contributed by atoms with Crippen LogP contribution < -0.4 is 10.5 Å². The molecule has 0 fully saturated rings. The third-order valence-corrected chi connectivity index (χ3v) is 2.95. The van der Waals surface area contributed by atoms with Crippen molar-refractivity contribution in [2.75, 3.05) is 0 Å². The van der Waals surface area contributed by atoms with Gasteiger partial charge in [-0.1, -0.05) is 12.1 Å². The number of nitrogens with two attached hydrogens (primary N) is 1. The number of halogens is 1. The normalized spacial score (nSPS) is 11.5. The number of pyridine rings is 1. The minimum absolute atomic E-state index is 0.181. The van der Waals surface area contributed by atoms with Gasteiger partial charge in [0.2, 0.25) is 0 Å². The van der Waals surface area contributed by atoms with Crippen LogP contribution in [0.4, 0.5) is 4.39 Å². The van der Waals surface area contributed by atoms with E-state index in [2.05, 4.69) is 10.1 Å². The second-order valence-electron chi connectivity index (χ2n) is 4.48. The smallest absolute Gasteiger partial charge is 0.173 e. The summed E-state index contributed by atoms with van der Waals surface area (Å²) in [7, 11) is 0. The molecule has 2 aromatic rings. The average molecular weight is 289 g/mol. The van der Waals surface area contributed by atoms with E-state index in [1.807, 2.05) is 19.9 Å². The number of hydrogen-bond acceptors (Lipinski definition) is 4. The fourth-order valence-corrected chi connectivity index (χ4v) is 1.91. The summed E-state index contributed by atoms with van der Waals surface area (Å²) in [6.45, 7) is 3.85. The fourth-order valence-electron chi connectivity index (χ4n) is 1.91. The van der Waals surface area contributed by atoms with E-state index in [1.54, 1.807) is 6.07 Å². The summed E-state index contributed by atoms with van der Waals surface area (Å²) in [5.74, 6) is 0.137. The molecule has 21 heavy (non-hydrogen) atoms. The van der Waals surface area contributed by atoms with Crippen molar-refractivity contribution >= 4 is 5.84 Å². The molecule has 0 aliphatic heterocycles. The van der Waals surface area contributed by atoms with Crippen LogP contribution in [-0.2, 0) is 6.42 Å². The Morgan fingerprint density at radius 3 is 2.71 bits per heavy atom. The van der Waals surface area contributed by atoms with Crippen LogP contribution in [0.5, 0.6) is 11.5 Å². The Morgan fingerprint density at radius 1 is 1.33 bits per heavy atom. The third-order valence-electron chi connectivity index (χ3n) is 2.95. The Balaban J connectivity index is 2.45. The van der Waals surface area contributed by atoms with Gasteiger partial charge in [-0.15, -0.1) is 0 Å². The summed E-state index contributed by atoms with van der Waals surface area (Å²) in [6, 6.07) is 7.44. The van der Waals surface area contributed by atoms with Crippen LogP contribution in [-0.4, -0.2) is 16.0 Å². The number of benzene rings is 1. The summed E-state index contributed by atoms with van der Waals surface area (Å²) in [6.07, 6.45) is 0.692. The molecule has 3 N–H and O–H groups in total. The Bertz CT molecular complexity index is 687. The van der Waals surface area contributed by atoms with Gasteiger partial charge < -0.3 is 15.7 Å². The lowest BCUT2D eigenvalue weighted by Gasteiger charge is -2.13. The van der Waals surface area contributed by atoms with Gasteiger partial charge in [0.05, 0.1) is 11.3 Å². The number of nitrogens with zero attached hydrogens (tertiary/aromatic N) is 2. The zero-order valence-electron chi connectivity index (χ0n) is 11.8. The van der Waals surface area contributed by atoms with Gasteiger partial charge in [-0.2, -0.15) is 0 Å². The zero-order chi connectivity index (χ0) is 15.4. The molecule has 1 aromatic carbocycles. The molecule has 0 spiro atoms. The van der Waals surface area contributed by atoms with Gasteiger partial charge in [0.15, 0.2) is 5.84 Å². The first-order valence-electron chi connectivity index (χ1n) is 6.47. The largest absolute Gasteiger partial charge is 0.455 e. The molecule has 5 nitrogen and oxygen atoms in total. The van der Waals surface area contributed by atoms with Crippen molar-refractivity contribution in [3.8, 4) is 11.5 Å². The number of ether oxygens (including phenoxy) is 1. The summed E-state index contributed by atoms with van der Waals surface area (Å²) >= 11 is 0. The van der Waals surface area contributed by atoms with E-state index >= 15 is 0 Å². The molecule has 1 heterocycles. The molecule has 110 valence electrons. The maximum absolute atomic E-state index is 13.3. The van der Waals surface area contributed by atoms with Gasteiger partial charge in [-0.3, -0.25) is 4.98 Å². The monoisotopic (exact) mass is 289 g/mol. The molecule has 0 radical (unpaired) electrons. The molecule has 0 saturated heterocycles. The first kappa shape index (κ1) is 14.8. The van der Waals surface area contributed by atoms with Crippen LogP contribution in [0.3, 0.4) is 0 Å². The average Bonchev–Trinajstić information content (AvgIpc) is 2.49. The molecule has 0 aliphatic carbocycles. The Morgan fingerprint density at radius 2 is 2.05 bits per heavy atom. The van der Waals surface area contributed by atoms with Gasteiger partial charge in [-0.05, 0) is 43.7 Å². The Labute approximate surface area is 121 Å². The molecule has 0 atom stereocenters. The van der Waals surface area contributed by atoms with Crippen molar-refractivity contribution < 1.29 is 14.3 Å². The highest BCUT2D eigenvalue weighted by molar-refractivity contribution is 5.99. The number of oxime groups is 1. The predicted octanol–water partition coefficient (Wildman–Crippen LogP) is 2.98. The number of aryl methyl sites for hydroxylation is 2. The number of hydrogen-bond donors (Lipinski definition) is 2. The van der Waals surface area contributed by atoms with Crippen molar-refractivity contribution in [1.82, 2.24) is 4.98 Å². The number of rotatable bonds is 4. The lowest BCUT2D eigenvalue weighted by atomic mass is 10.1. The van der Waals surface area contributed by atoms with Crippen LogP contribution in [0.1, 0.15) is 23.9 Å². The highest BCUT2D eigenvalue weighted by Crippen LogP contribution is 2.28. The molecule has 0 unspecified atom stereocenters. The van der Waals surface area contributed by atoms with Gasteiger partial charge in [0, 0.05) is 5.69 Å². The van der Waals surface area contributed by atoms with Crippen LogP contribution in [0.2, 0.25) is 0 Å². The molecule has 0 bridgehead atoms. The molecule has 0 amide bonds. The SMILES string of the molecule is CCc1nc(C)ccc1Oc1ccc(F)cc1/C(N)=N/O. The van der Waals surface area contributed by atoms with Gasteiger partial charge >= 0.3 is 0 Å². The summed E-state index contributed by atoms with van der Waals surface area (Å²) in [5.41, 5.74) is 7.40. The van der Waals surface area contributed by atoms with Crippen molar-refractivity contribution in [2.45, 2.75) is 20.3 Å². The van der Waals surface area contributed by atoms with E-state index < -0.39 is 5.82 Å². The summed E-state index contributed by atoms with van der Waals surface area (Å²) < 4.78 is 19.1. The maximum Gasteiger partial charge on any atom is 0.173 e. The fraction of sp³-hybridized carbons (Fsp3) is 0.200. The quantitative estimate of drug-likeness (QED) is 0.392. The zero-order valence-corrected chi connectivity index (χ0v) is 11.8. The highest BCUT2D eigenvalue weighted by Gasteiger charge is 2.13. The minimum atomic E-state index is -0.498. The molecule has 2 rings (SSSR count). The van der Waals surface area contributed by atoms with E-state index in [9.17, 15) is 4.39 Å². The molecule has 0 aliphatic rings. The third kappa shape index (κ3) is 3.28. The first-order valence-corrected chi connectivity index (χ1v) is 6.47. The van der Waals surface area contributed by atoms with E-state index in [1.165, 1.54) is 12.1 Å². The Kier molecular flexibility index (Phi) is 4.37. The van der Waals surface area contributed by atoms with E-state index in [4.69, 9.17) is 15.7 Å². The summed E-state index contributed by atoms with van der Waals surface area (Å²) in [4.78, 5) is 4.39. The Hall–Kier alpha value is -2.63. The number of amidine groups is 1. The van der Waals surface area contributed by atoms with E-state index in [-0.39, 0.29) is 11.4 Å². The van der Waals surface area contributed by atoms with Crippen LogP contribution in [0.15, 0.2) is 35.5 Å². The maximum atomic E-state index is 13.3. The summed E-state index contributed by atoms with van der Waals surface area (Å²) in [5, 5.41) is 11.7. The second-order valence-corrected chi connectivity index (χ2v) is 4.48. The van der Waals surface area contributed by atoms with Crippen molar-refractivity contribution in [1.29, 1.82) is 0 Å². The lowest BCUT2D eigenvalue weighted by Crippen LogP contribution is -2.14. The van der Waals surface area contributed by atoms with E-state index in [0.717, 1.165) is 17.5 Å². The van der Waals surface area contributed by atoms with Gasteiger partial charge in [0.1, 0.15) is 17.3 Å². The first-order chi connectivity index (χ1) is 10.0. The molecule has 6 heteroatoms. The predicted molar refractivity (Wildman–Crippen MR) is 77.3 cm³/mol. The molecular formula is C15H16FN3O2. The van der Waals surface area contributed by atoms with Crippen LogP contribution in [0.25, 0.3) is 0 Å². The standard InChI is InChI=1S/C15H16FN3O2/c1-3-12-14(6-4-9(2)18-12)21-13-7-5-10(16)8-11(13)15(17)19-20/h4-8,20H,3H2,1-2H3,(H2,17,19). The van der Waals surface area contributed by atoms with Crippen molar-refractivity contribution in [3.63, 3.8) is 0 Å². The molecular weight excluding hydrogens is 273 g/mol. The molecule has 1 aromatic heterocycles. The van der Waals surface area contributed by atoms with Crippen molar-refractivity contribution in [3.05, 3.63) is 53.1 Å². The van der Waals surface area contributed by atoms with Crippen molar-refractivity contribution in [2.24, 2.45) is 10.9 Å². The van der Waals surface area contributed by atoms with Gasteiger partial charge in [0.25, 0.3) is 0 Å². The van der Waals surface area contributed by atoms with Crippen LogP contribution in [0, 0.1) is 12.7 Å². The second kappa shape index (κ2) is 6.21. The van der Waals surface area contributed by atoms with Crippen LogP contribution >= 0.6 is 0 Å². The highest BCUT2D eigenvalue weighted by atomic mass is 19.1. The van der Waals surface area contributed by atoms with Gasteiger partial charge in [-0.25, -0.2) is 4.39 Å².